The van der Waals surface area contributed by atoms with Crippen molar-refractivity contribution in [2.45, 2.75) is 18.9 Å². The first-order valence-corrected chi connectivity index (χ1v) is 6.79. The molecule has 0 aliphatic carbocycles. The summed E-state index contributed by atoms with van der Waals surface area (Å²) in [6.45, 7) is 1.56. The summed E-state index contributed by atoms with van der Waals surface area (Å²) in [7, 11) is 1.58. The number of carbonyl (C=O) groups is 1. The van der Waals surface area contributed by atoms with Gasteiger partial charge in [0.2, 0.25) is 0 Å². The van der Waals surface area contributed by atoms with Crippen LogP contribution in [0.5, 0.6) is 0 Å². The molecule has 1 saturated heterocycles. The molecule has 1 fully saturated rings. The van der Waals surface area contributed by atoms with Gasteiger partial charge in [-0.25, -0.2) is 0 Å². The van der Waals surface area contributed by atoms with Crippen LogP contribution in [0.25, 0.3) is 0 Å². The fourth-order valence-corrected chi connectivity index (χ4v) is 2.42. The summed E-state index contributed by atoms with van der Waals surface area (Å²) < 4.78 is 10.0. The molecule has 110 valence electrons. The van der Waals surface area contributed by atoms with E-state index in [9.17, 15) is 4.79 Å². The highest BCUT2D eigenvalue weighted by molar-refractivity contribution is 5.92. The van der Waals surface area contributed by atoms with E-state index in [0.717, 1.165) is 6.42 Å². The zero-order chi connectivity index (χ0) is 14.7. The molecule has 2 aromatic rings. The number of carbonyl (C=O) groups excluding carboxylic acids is 1. The number of pyridine rings is 1. The third kappa shape index (κ3) is 2.92. The third-order valence-electron chi connectivity index (χ3n) is 3.48. The second kappa shape index (κ2) is 6.01. The van der Waals surface area contributed by atoms with E-state index in [2.05, 4.69) is 15.1 Å². The predicted octanol–water partition coefficient (Wildman–Crippen LogP) is 1.24. The molecule has 1 amide bonds. The van der Waals surface area contributed by atoms with E-state index >= 15 is 0 Å². The fraction of sp³-hybridized carbons (Fsp3) is 0.429. The Morgan fingerprint density at radius 1 is 1.52 bits per heavy atom. The highest BCUT2D eigenvalue weighted by atomic mass is 16.5. The number of hydrogen-bond donors (Lipinski definition) is 0. The molecule has 0 spiro atoms. The van der Waals surface area contributed by atoms with Gasteiger partial charge in [-0.2, -0.15) is 4.98 Å². The van der Waals surface area contributed by atoms with E-state index in [1.165, 1.54) is 0 Å². The number of hydrogen-bond acceptors (Lipinski definition) is 6. The van der Waals surface area contributed by atoms with Crippen molar-refractivity contribution in [1.82, 2.24) is 20.0 Å². The molecule has 7 heteroatoms. The van der Waals surface area contributed by atoms with Gasteiger partial charge in [0.15, 0.2) is 5.82 Å². The highest BCUT2D eigenvalue weighted by Gasteiger charge is 2.31. The molecular weight excluding hydrogens is 272 g/mol. The van der Waals surface area contributed by atoms with Crippen molar-refractivity contribution < 1.29 is 14.1 Å². The zero-order valence-corrected chi connectivity index (χ0v) is 11.7. The van der Waals surface area contributed by atoms with Gasteiger partial charge in [-0.1, -0.05) is 11.2 Å². The van der Waals surface area contributed by atoms with Crippen LogP contribution in [0.4, 0.5) is 0 Å². The highest BCUT2D eigenvalue weighted by Crippen LogP contribution is 2.26. The minimum Gasteiger partial charge on any atom is -0.375 e. The Hall–Kier alpha value is -2.28. The third-order valence-corrected chi connectivity index (χ3v) is 3.48. The number of ether oxygens (including phenoxy) is 1. The van der Waals surface area contributed by atoms with Crippen LogP contribution in [-0.2, 0) is 11.3 Å². The number of rotatable bonds is 4. The number of likely N-dealkylation sites (tertiary alicyclic amines) is 1. The molecular formula is C14H16N4O3. The van der Waals surface area contributed by atoms with Gasteiger partial charge in [-0.05, 0) is 18.6 Å². The minimum absolute atomic E-state index is 0.0568. The van der Waals surface area contributed by atoms with Crippen LogP contribution in [0, 0.1) is 0 Å². The normalized spacial score (nSPS) is 18.1. The number of amides is 1. The first-order chi connectivity index (χ1) is 10.3. The molecule has 2 aromatic heterocycles. The quantitative estimate of drug-likeness (QED) is 0.842. The minimum atomic E-state index is -0.0568. The smallest absolute Gasteiger partial charge is 0.272 e. The summed E-state index contributed by atoms with van der Waals surface area (Å²) in [5.74, 6) is 1.14. The van der Waals surface area contributed by atoms with E-state index in [1.54, 1.807) is 30.3 Å². The van der Waals surface area contributed by atoms with Gasteiger partial charge in [-0.3, -0.25) is 9.78 Å². The van der Waals surface area contributed by atoms with Crippen molar-refractivity contribution in [2.24, 2.45) is 0 Å². The van der Waals surface area contributed by atoms with Gasteiger partial charge in [0.1, 0.15) is 12.3 Å². The van der Waals surface area contributed by atoms with Crippen molar-refractivity contribution in [3.05, 3.63) is 41.8 Å². The van der Waals surface area contributed by atoms with Crippen molar-refractivity contribution >= 4 is 5.91 Å². The van der Waals surface area contributed by atoms with E-state index in [1.807, 2.05) is 6.07 Å². The lowest BCUT2D eigenvalue weighted by molar-refractivity contribution is 0.0784. The predicted molar refractivity (Wildman–Crippen MR) is 72.5 cm³/mol. The molecule has 3 rings (SSSR count). The van der Waals surface area contributed by atoms with E-state index in [-0.39, 0.29) is 11.8 Å². The topological polar surface area (TPSA) is 81.4 Å². The van der Waals surface area contributed by atoms with Crippen LogP contribution in [0.1, 0.15) is 34.5 Å². The second-order valence-electron chi connectivity index (χ2n) is 4.93. The molecule has 3 heterocycles. The Labute approximate surface area is 121 Å². The summed E-state index contributed by atoms with van der Waals surface area (Å²) >= 11 is 0. The number of methoxy groups -OCH3 is 1. The molecule has 1 atom stereocenters. The zero-order valence-electron chi connectivity index (χ0n) is 11.7. The van der Waals surface area contributed by atoms with E-state index < -0.39 is 0 Å². The summed E-state index contributed by atoms with van der Waals surface area (Å²) in [5.41, 5.74) is 0.464. The molecule has 7 nitrogen and oxygen atoms in total. The lowest BCUT2D eigenvalue weighted by Crippen LogP contribution is -2.29. The maximum Gasteiger partial charge on any atom is 0.272 e. The van der Waals surface area contributed by atoms with Crippen LogP contribution in [0.15, 0.2) is 28.9 Å². The molecule has 1 aliphatic rings. The number of nitrogens with zero attached hydrogens (tertiary/aromatic N) is 4. The Bertz CT molecular complexity index is 614. The van der Waals surface area contributed by atoms with Crippen molar-refractivity contribution in [2.75, 3.05) is 20.2 Å². The van der Waals surface area contributed by atoms with Crippen LogP contribution in [0.2, 0.25) is 0 Å². The standard InChI is InChI=1S/C14H16N4O3/c1-20-9-12-16-13(17-21-12)10-5-7-18(8-10)14(19)11-4-2-3-6-15-11/h2-4,6,10H,5,7-9H2,1H3. The van der Waals surface area contributed by atoms with Crippen molar-refractivity contribution in [1.29, 1.82) is 0 Å². The molecule has 21 heavy (non-hydrogen) atoms. The average Bonchev–Trinajstić information content (AvgIpc) is 3.16. The molecule has 0 radical (unpaired) electrons. The van der Waals surface area contributed by atoms with Gasteiger partial charge < -0.3 is 14.2 Å². The first-order valence-electron chi connectivity index (χ1n) is 6.79. The Kier molecular flexibility index (Phi) is 3.92. The summed E-state index contributed by atoms with van der Waals surface area (Å²) in [4.78, 5) is 22.5. The van der Waals surface area contributed by atoms with Gasteiger partial charge in [-0.15, -0.1) is 0 Å². The first kappa shape index (κ1) is 13.7. The summed E-state index contributed by atoms with van der Waals surface area (Å²) in [6.07, 6.45) is 2.45. The molecule has 0 N–H and O–H groups in total. The summed E-state index contributed by atoms with van der Waals surface area (Å²) in [5, 5.41) is 3.96. The summed E-state index contributed by atoms with van der Waals surface area (Å²) in [6, 6.07) is 5.32. The Morgan fingerprint density at radius 3 is 3.19 bits per heavy atom. The van der Waals surface area contributed by atoms with Crippen LogP contribution in [0.3, 0.4) is 0 Å². The largest absolute Gasteiger partial charge is 0.375 e. The van der Waals surface area contributed by atoms with E-state index in [0.29, 0.717) is 37.1 Å². The maximum atomic E-state index is 12.3. The Balaban J connectivity index is 1.66. The van der Waals surface area contributed by atoms with Gasteiger partial charge in [0.05, 0.1) is 0 Å². The molecule has 0 saturated carbocycles. The van der Waals surface area contributed by atoms with Gasteiger partial charge >= 0.3 is 0 Å². The van der Waals surface area contributed by atoms with Crippen LogP contribution < -0.4 is 0 Å². The van der Waals surface area contributed by atoms with E-state index in [4.69, 9.17) is 9.26 Å². The molecule has 0 aromatic carbocycles. The maximum absolute atomic E-state index is 12.3. The van der Waals surface area contributed by atoms with Crippen LogP contribution >= 0.6 is 0 Å². The van der Waals surface area contributed by atoms with Crippen molar-refractivity contribution in [3.8, 4) is 0 Å². The van der Waals surface area contributed by atoms with Crippen molar-refractivity contribution in [3.63, 3.8) is 0 Å². The van der Waals surface area contributed by atoms with Crippen LogP contribution in [-0.4, -0.2) is 46.1 Å². The average molecular weight is 288 g/mol. The monoisotopic (exact) mass is 288 g/mol. The molecule has 0 bridgehead atoms. The molecule has 1 unspecified atom stereocenters. The lowest BCUT2D eigenvalue weighted by Gasteiger charge is -2.14. The van der Waals surface area contributed by atoms with Gasteiger partial charge in [0, 0.05) is 32.3 Å². The lowest BCUT2D eigenvalue weighted by atomic mass is 10.1. The second-order valence-corrected chi connectivity index (χ2v) is 4.93. The molecule has 1 aliphatic heterocycles. The van der Waals surface area contributed by atoms with Gasteiger partial charge in [0.25, 0.3) is 11.8 Å². The number of aromatic nitrogens is 3. The SMILES string of the molecule is COCc1nc(C2CCN(C(=O)c3ccccn3)C2)no1. The Morgan fingerprint density at radius 2 is 2.43 bits per heavy atom. The fourth-order valence-electron chi connectivity index (χ4n) is 2.42.